The average molecular weight is 226 g/mol. The van der Waals surface area contributed by atoms with Gasteiger partial charge in [0.1, 0.15) is 0 Å². The van der Waals surface area contributed by atoms with Crippen LogP contribution in [0.2, 0.25) is 0 Å². The largest absolute Gasteiger partial charge is 0.397 e. The first-order chi connectivity index (χ1) is 8.16. The molecule has 88 valence electrons. The Labute approximate surface area is 102 Å². The molecule has 17 heavy (non-hydrogen) atoms. The maximum atomic E-state index is 5.88. The number of para-hydroxylation sites is 2. The molecule has 0 aliphatic heterocycles. The van der Waals surface area contributed by atoms with E-state index in [0.717, 1.165) is 17.9 Å². The Balaban J connectivity index is 2.08. The van der Waals surface area contributed by atoms with Crippen molar-refractivity contribution in [3.8, 4) is 0 Å². The first-order valence-corrected chi connectivity index (χ1v) is 5.81. The molecule has 0 aliphatic carbocycles. The fraction of sp³-hybridized carbons (Fsp3) is 0.200. The van der Waals surface area contributed by atoms with Crippen LogP contribution in [-0.2, 0) is 6.54 Å². The van der Waals surface area contributed by atoms with Crippen molar-refractivity contribution in [3.05, 3.63) is 59.2 Å². The van der Waals surface area contributed by atoms with Gasteiger partial charge in [0.2, 0.25) is 0 Å². The second kappa shape index (κ2) is 4.91. The Morgan fingerprint density at radius 1 is 1.00 bits per heavy atom. The summed E-state index contributed by atoms with van der Waals surface area (Å²) in [7, 11) is 0. The van der Waals surface area contributed by atoms with Gasteiger partial charge in [-0.05, 0) is 42.7 Å². The molecule has 2 aromatic rings. The second-order valence-electron chi connectivity index (χ2n) is 4.36. The summed E-state index contributed by atoms with van der Waals surface area (Å²) in [6.07, 6.45) is 0. The molecule has 2 nitrogen and oxygen atoms in total. The number of hydrogen-bond acceptors (Lipinski definition) is 2. The van der Waals surface area contributed by atoms with E-state index in [2.05, 4.69) is 37.4 Å². The van der Waals surface area contributed by atoms with Gasteiger partial charge in [-0.15, -0.1) is 0 Å². The highest BCUT2D eigenvalue weighted by Crippen LogP contribution is 2.18. The topological polar surface area (TPSA) is 38.0 Å². The van der Waals surface area contributed by atoms with Crippen LogP contribution >= 0.6 is 0 Å². The Hall–Kier alpha value is -1.96. The summed E-state index contributed by atoms with van der Waals surface area (Å²) >= 11 is 0. The lowest BCUT2D eigenvalue weighted by atomic mass is 10.1. The summed E-state index contributed by atoms with van der Waals surface area (Å²) in [6.45, 7) is 5.06. The zero-order chi connectivity index (χ0) is 12.3. The Morgan fingerprint density at radius 3 is 2.47 bits per heavy atom. The fourth-order valence-electron chi connectivity index (χ4n) is 1.77. The van der Waals surface area contributed by atoms with Crippen LogP contribution in [0, 0.1) is 13.8 Å². The first kappa shape index (κ1) is 11.5. The molecule has 0 saturated carbocycles. The predicted octanol–water partition coefficient (Wildman–Crippen LogP) is 3.50. The molecular formula is C15H18N2. The van der Waals surface area contributed by atoms with Crippen molar-refractivity contribution in [3.63, 3.8) is 0 Å². The molecule has 2 rings (SSSR count). The molecule has 0 unspecified atom stereocenters. The Bertz CT molecular complexity index is 518. The molecule has 0 bridgehead atoms. The second-order valence-corrected chi connectivity index (χ2v) is 4.36. The van der Waals surface area contributed by atoms with Crippen LogP contribution in [0.4, 0.5) is 11.4 Å². The summed E-state index contributed by atoms with van der Waals surface area (Å²) in [6, 6.07) is 14.3. The van der Waals surface area contributed by atoms with Crippen molar-refractivity contribution in [1.29, 1.82) is 0 Å². The lowest BCUT2D eigenvalue weighted by Crippen LogP contribution is -2.02. The smallest absolute Gasteiger partial charge is 0.0576 e. The normalized spacial score (nSPS) is 10.2. The zero-order valence-electron chi connectivity index (χ0n) is 10.3. The maximum absolute atomic E-state index is 5.88. The van der Waals surface area contributed by atoms with E-state index in [0.29, 0.717) is 0 Å². The molecule has 0 fully saturated rings. The lowest BCUT2D eigenvalue weighted by molar-refractivity contribution is 1.13. The van der Waals surface area contributed by atoms with Crippen molar-refractivity contribution >= 4 is 11.4 Å². The molecule has 0 aliphatic rings. The number of aryl methyl sites for hydroxylation is 2. The predicted molar refractivity (Wildman–Crippen MR) is 74.1 cm³/mol. The van der Waals surface area contributed by atoms with Crippen molar-refractivity contribution in [2.75, 3.05) is 11.1 Å². The van der Waals surface area contributed by atoms with Crippen LogP contribution in [0.5, 0.6) is 0 Å². The first-order valence-electron chi connectivity index (χ1n) is 5.81. The molecule has 0 atom stereocenters. The molecule has 3 N–H and O–H groups in total. The SMILES string of the molecule is Cc1ccc(CNc2ccccc2N)cc1C. The highest BCUT2D eigenvalue weighted by Gasteiger charge is 1.99. The summed E-state index contributed by atoms with van der Waals surface area (Å²) < 4.78 is 0. The molecule has 0 radical (unpaired) electrons. The number of rotatable bonds is 3. The van der Waals surface area contributed by atoms with E-state index < -0.39 is 0 Å². The molecule has 0 aromatic heterocycles. The monoisotopic (exact) mass is 226 g/mol. The van der Waals surface area contributed by atoms with E-state index in [-0.39, 0.29) is 0 Å². The van der Waals surface area contributed by atoms with Gasteiger partial charge in [-0.25, -0.2) is 0 Å². The summed E-state index contributed by atoms with van der Waals surface area (Å²) in [5.74, 6) is 0. The van der Waals surface area contributed by atoms with E-state index in [1.807, 2.05) is 24.3 Å². The summed E-state index contributed by atoms with van der Waals surface area (Å²) in [5.41, 5.74) is 11.6. The Morgan fingerprint density at radius 2 is 1.76 bits per heavy atom. The van der Waals surface area contributed by atoms with Crippen molar-refractivity contribution < 1.29 is 0 Å². The number of anilines is 2. The van der Waals surface area contributed by atoms with E-state index in [1.54, 1.807) is 0 Å². The summed E-state index contributed by atoms with van der Waals surface area (Å²) in [5, 5.41) is 3.35. The van der Waals surface area contributed by atoms with Gasteiger partial charge in [-0.2, -0.15) is 0 Å². The van der Waals surface area contributed by atoms with Crippen LogP contribution in [0.1, 0.15) is 16.7 Å². The quantitative estimate of drug-likeness (QED) is 0.786. The molecule has 0 saturated heterocycles. The van der Waals surface area contributed by atoms with Crippen molar-refractivity contribution in [2.45, 2.75) is 20.4 Å². The van der Waals surface area contributed by atoms with Crippen LogP contribution < -0.4 is 11.1 Å². The number of hydrogen-bond donors (Lipinski definition) is 2. The average Bonchev–Trinajstić information content (AvgIpc) is 2.32. The van der Waals surface area contributed by atoms with Crippen LogP contribution in [-0.4, -0.2) is 0 Å². The standard InChI is InChI=1S/C15H18N2/c1-11-7-8-13(9-12(11)2)10-17-15-6-4-3-5-14(15)16/h3-9,17H,10,16H2,1-2H3. The minimum atomic E-state index is 0.788. The van der Waals surface area contributed by atoms with E-state index >= 15 is 0 Å². The highest BCUT2D eigenvalue weighted by atomic mass is 14.9. The molecule has 0 heterocycles. The minimum Gasteiger partial charge on any atom is -0.397 e. The number of nitrogens with two attached hydrogens (primary N) is 1. The molecule has 0 spiro atoms. The number of benzene rings is 2. The molecule has 2 heteroatoms. The lowest BCUT2D eigenvalue weighted by Gasteiger charge is -2.10. The fourth-order valence-corrected chi connectivity index (χ4v) is 1.77. The summed E-state index contributed by atoms with van der Waals surface area (Å²) in [4.78, 5) is 0. The third-order valence-corrected chi connectivity index (χ3v) is 3.02. The van der Waals surface area contributed by atoms with E-state index in [1.165, 1.54) is 16.7 Å². The Kier molecular flexibility index (Phi) is 3.33. The molecule has 0 amide bonds. The third-order valence-electron chi connectivity index (χ3n) is 3.02. The molecular weight excluding hydrogens is 208 g/mol. The van der Waals surface area contributed by atoms with Gasteiger partial charge in [0.05, 0.1) is 11.4 Å². The van der Waals surface area contributed by atoms with Crippen molar-refractivity contribution in [2.24, 2.45) is 0 Å². The highest BCUT2D eigenvalue weighted by molar-refractivity contribution is 5.65. The van der Waals surface area contributed by atoms with Crippen LogP contribution in [0.25, 0.3) is 0 Å². The van der Waals surface area contributed by atoms with Crippen LogP contribution in [0.15, 0.2) is 42.5 Å². The van der Waals surface area contributed by atoms with Gasteiger partial charge in [0, 0.05) is 6.54 Å². The number of nitrogen functional groups attached to an aromatic ring is 1. The van der Waals surface area contributed by atoms with E-state index in [9.17, 15) is 0 Å². The van der Waals surface area contributed by atoms with Crippen LogP contribution in [0.3, 0.4) is 0 Å². The van der Waals surface area contributed by atoms with Gasteiger partial charge in [-0.3, -0.25) is 0 Å². The van der Waals surface area contributed by atoms with Gasteiger partial charge in [0.25, 0.3) is 0 Å². The molecule has 2 aromatic carbocycles. The van der Waals surface area contributed by atoms with Gasteiger partial charge >= 0.3 is 0 Å². The van der Waals surface area contributed by atoms with Gasteiger partial charge in [-0.1, -0.05) is 30.3 Å². The third kappa shape index (κ3) is 2.78. The van der Waals surface area contributed by atoms with Gasteiger partial charge in [0.15, 0.2) is 0 Å². The zero-order valence-corrected chi connectivity index (χ0v) is 10.3. The van der Waals surface area contributed by atoms with E-state index in [4.69, 9.17) is 5.73 Å². The maximum Gasteiger partial charge on any atom is 0.0576 e. The number of nitrogens with one attached hydrogen (secondary N) is 1. The van der Waals surface area contributed by atoms with Gasteiger partial charge < -0.3 is 11.1 Å². The van der Waals surface area contributed by atoms with Crippen molar-refractivity contribution in [1.82, 2.24) is 0 Å². The minimum absolute atomic E-state index is 0.788.